The van der Waals surface area contributed by atoms with Gasteiger partial charge in [-0.2, -0.15) is 9.36 Å². The number of hydrogen-bond donors (Lipinski definition) is 6. The van der Waals surface area contributed by atoms with Gasteiger partial charge in [0.05, 0.1) is 6.04 Å². The Labute approximate surface area is 277 Å². The Morgan fingerprint density at radius 1 is 1.25 bits per heavy atom. The number of nitrogens with zero attached hydrogens (tertiary/aromatic N) is 5. The van der Waals surface area contributed by atoms with Gasteiger partial charge < -0.3 is 55.2 Å². The van der Waals surface area contributed by atoms with Crippen molar-refractivity contribution >= 4 is 64.0 Å². The molecule has 22 heteroatoms. The van der Waals surface area contributed by atoms with Crippen LogP contribution in [0.5, 0.6) is 0 Å². The summed E-state index contributed by atoms with van der Waals surface area (Å²) in [5.74, 6) is -5.38. The van der Waals surface area contributed by atoms with Crippen molar-refractivity contribution in [1.82, 2.24) is 29.8 Å². The lowest BCUT2D eigenvalue weighted by atomic mass is 10.1. The highest BCUT2D eigenvalue weighted by atomic mass is 32.2. The van der Waals surface area contributed by atoms with Gasteiger partial charge in [0.25, 0.3) is 5.91 Å². The Balaban J connectivity index is 1.22. The Hall–Kier alpha value is -5.38. The highest BCUT2D eigenvalue weighted by Crippen LogP contribution is 2.30. The van der Waals surface area contributed by atoms with E-state index < -0.39 is 46.9 Å². The molecule has 0 unspecified atom stereocenters. The van der Waals surface area contributed by atoms with Crippen molar-refractivity contribution in [2.75, 3.05) is 31.1 Å². The molecule has 0 radical (unpaired) electrons. The summed E-state index contributed by atoms with van der Waals surface area (Å²) in [6, 6.07) is -2.01. The number of nitrogen functional groups attached to an aromatic ring is 1. The van der Waals surface area contributed by atoms with Crippen molar-refractivity contribution in [2.45, 2.75) is 43.8 Å². The van der Waals surface area contributed by atoms with Crippen molar-refractivity contribution in [1.29, 1.82) is 0 Å². The molecule has 2 fully saturated rings. The van der Waals surface area contributed by atoms with Gasteiger partial charge in [-0.05, 0) is 31.4 Å². The minimum Gasteiger partial charge on any atom is -0.480 e. The molecule has 2 aromatic rings. The number of aryl methyl sites for hydroxylation is 1. The van der Waals surface area contributed by atoms with Crippen LogP contribution >= 0.6 is 23.3 Å². The number of likely N-dealkylation sites (tertiary alicyclic amines) is 2. The second-order valence-electron chi connectivity index (χ2n) is 10.6. The number of aromatic nitrogens is 2. The third-order valence-corrected chi connectivity index (χ3v) is 9.36. The van der Waals surface area contributed by atoms with Crippen molar-refractivity contribution < 1.29 is 53.0 Å². The van der Waals surface area contributed by atoms with E-state index in [4.69, 9.17) is 19.3 Å². The van der Waals surface area contributed by atoms with Gasteiger partial charge in [0.2, 0.25) is 17.4 Å². The SMILES string of the molecule is Cc1oc(=O)oc1COC(=O)N1CC[C@@H](N2CC/C(=C\C3=C(C(=O)O)N[C@@H]([C@H](NC(=O)/C(=N\O)c4nsc(N)n4)C(=O)O)SC3)C2=O)C1. The molecule has 48 heavy (non-hydrogen) atoms. The fourth-order valence-electron chi connectivity index (χ4n) is 5.23. The Morgan fingerprint density at radius 3 is 2.65 bits per heavy atom. The van der Waals surface area contributed by atoms with Crippen LogP contribution in [0.1, 0.15) is 30.2 Å². The van der Waals surface area contributed by atoms with Gasteiger partial charge in [0.1, 0.15) is 11.1 Å². The second-order valence-corrected chi connectivity index (χ2v) is 12.5. The molecule has 5 heterocycles. The summed E-state index contributed by atoms with van der Waals surface area (Å²) >= 11 is 1.69. The van der Waals surface area contributed by atoms with E-state index in [1.807, 2.05) is 0 Å². The number of carbonyl (C=O) groups is 5. The zero-order valence-corrected chi connectivity index (χ0v) is 26.5. The third kappa shape index (κ3) is 7.27. The molecular formula is C26H28N8O12S2. The van der Waals surface area contributed by atoms with E-state index in [-0.39, 0.29) is 64.6 Å². The quantitative estimate of drug-likeness (QED) is 0.0769. The fraction of sp³-hybridized carbons (Fsp3) is 0.423. The van der Waals surface area contributed by atoms with E-state index in [1.54, 1.807) is 4.90 Å². The van der Waals surface area contributed by atoms with Crippen LogP contribution in [0.2, 0.25) is 0 Å². The van der Waals surface area contributed by atoms with Crippen LogP contribution in [0.3, 0.4) is 0 Å². The number of rotatable bonds is 10. The van der Waals surface area contributed by atoms with E-state index >= 15 is 0 Å². The monoisotopic (exact) mass is 708 g/mol. The van der Waals surface area contributed by atoms with Gasteiger partial charge in [0, 0.05) is 42.5 Å². The molecule has 0 saturated carbocycles. The van der Waals surface area contributed by atoms with Crippen molar-refractivity contribution in [3.8, 4) is 0 Å². The normalized spacial score (nSPS) is 21.4. The second kappa shape index (κ2) is 14.2. The van der Waals surface area contributed by atoms with Gasteiger partial charge in [-0.25, -0.2) is 19.2 Å². The van der Waals surface area contributed by atoms with Gasteiger partial charge in [-0.15, -0.1) is 11.8 Å². The lowest BCUT2D eigenvalue weighted by molar-refractivity contribution is -0.141. The fourth-order valence-corrected chi connectivity index (χ4v) is 6.83. The highest BCUT2D eigenvalue weighted by Gasteiger charge is 2.40. The number of amides is 3. The molecule has 3 atom stereocenters. The number of carbonyl (C=O) groups excluding carboxylic acids is 3. The number of hydrogen-bond acceptors (Lipinski definition) is 17. The molecule has 0 aromatic carbocycles. The Kier molecular flexibility index (Phi) is 10.0. The molecule has 2 aromatic heterocycles. The van der Waals surface area contributed by atoms with E-state index in [0.717, 1.165) is 23.3 Å². The molecule has 20 nitrogen and oxygen atoms in total. The van der Waals surface area contributed by atoms with Crippen LogP contribution in [0, 0.1) is 6.92 Å². The van der Waals surface area contributed by atoms with Crippen LogP contribution in [-0.2, 0) is 30.5 Å². The summed E-state index contributed by atoms with van der Waals surface area (Å²) in [7, 11) is 0. The number of anilines is 1. The highest BCUT2D eigenvalue weighted by molar-refractivity contribution is 8.00. The first-order chi connectivity index (χ1) is 22.9. The summed E-state index contributed by atoms with van der Waals surface area (Å²) in [5.41, 5.74) is 5.00. The Morgan fingerprint density at radius 2 is 2.02 bits per heavy atom. The van der Waals surface area contributed by atoms with Crippen LogP contribution in [0.15, 0.2) is 41.7 Å². The van der Waals surface area contributed by atoms with E-state index in [1.165, 1.54) is 17.9 Å². The zero-order valence-electron chi connectivity index (χ0n) is 24.9. The number of ether oxygens (including phenoxy) is 1. The molecule has 3 amide bonds. The molecule has 7 N–H and O–H groups in total. The number of aliphatic carboxylic acids is 2. The summed E-state index contributed by atoms with van der Waals surface area (Å²) in [4.78, 5) is 81.0. The van der Waals surface area contributed by atoms with Gasteiger partial charge in [0.15, 0.2) is 29.3 Å². The summed E-state index contributed by atoms with van der Waals surface area (Å²) in [6.45, 7) is 2.05. The smallest absolute Gasteiger partial charge is 0.480 e. The number of carboxylic acid groups (broad SMARTS) is 2. The Bertz CT molecular complexity index is 1800. The van der Waals surface area contributed by atoms with E-state index in [9.17, 15) is 44.2 Å². The number of allylic oxidation sites excluding steroid dienone is 1. The average Bonchev–Trinajstić information content (AvgIpc) is 3.84. The molecule has 3 aliphatic heterocycles. The van der Waals surface area contributed by atoms with Crippen LogP contribution in [0.4, 0.5) is 9.93 Å². The lowest BCUT2D eigenvalue weighted by Crippen LogP contribution is -2.55. The molecule has 0 aliphatic carbocycles. The van der Waals surface area contributed by atoms with Gasteiger partial charge in [-0.3, -0.25) is 9.59 Å². The van der Waals surface area contributed by atoms with Crippen molar-refractivity contribution in [2.24, 2.45) is 5.16 Å². The zero-order chi connectivity index (χ0) is 34.7. The molecule has 0 bridgehead atoms. The maximum atomic E-state index is 13.4. The van der Waals surface area contributed by atoms with Crippen LogP contribution in [0.25, 0.3) is 0 Å². The first kappa shape index (κ1) is 34.0. The minimum atomic E-state index is -1.69. The van der Waals surface area contributed by atoms with E-state index in [0.29, 0.717) is 31.5 Å². The van der Waals surface area contributed by atoms with Crippen LogP contribution in [-0.4, -0.2) is 113 Å². The first-order valence-corrected chi connectivity index (χ1v) is 15.9. The molecule has 5 rings (SSSR count). The number of oxime groups is 1. The first-order valence-electron chi connectivity index (χ1n) is 14.1. The number of nitrogens with one attached hydrogen (secondary N) is 2. The molecule has 0 spiro atoms. The lowest BCUT2D eigenvalue weighted by Gasteiger charge is -2.31. The molecular weight excluding hydrogens is 680 g/mol. The predicted molar refractivity (Wildman–Crippen MR) is 163 cm³/mol. The summed E-state index contributed by atoms with van der Waals surface area (Å²) in [6.07, 6.45) is 1.58. The maximum absolute atomic E-state index is 13.4. The largest absolute Gasteiger partial charge is 0.519 e. The third-order valence-electron chi connectivity index (χ3n) is 7.59. The topological polar surface area (TPSA) is 293 Å². The van der Waals surface area contributed by atoms with Crippen molar-refractivity contribution in [3.63, 3.8) is 0 Å². The van der Waals surface area contributed by atoms with Gasteiger partial charge in [-0.1, -0.05) is 5.16 Å². The average molecular weight is 709 g/mol. The van der Waals surface area contributed by atoms with E-state index in [2.05, 4.69) is 25.1 Å². The standard InChI is InChI=1S/C26H28N8O12S2/c1-10-14(46-26(42)45-10)8-44-25(41)33-4-3-13(7-33)34-5-2-11(21(34)36)6-12-9-47-20(29-15(12)22(37)38)17(23(39)40)28-19(35)16(31-43)18-30-24(27)48-32-18/h6,13,17,20,29,43H,2-5,7-9H2,1H3,(H,28,35)(H,37,38)(H,39,40)(H2,27,30,32)/b11-6+,31-16-/t13-,17+,20-/m1/s1. The predicted octanol–water partition coefficient (Wildman–Crippen LogP) is -0.706. The van der Waals surface area contributed by atoms with Crippen LogP contribution < -0.4 is 22.2 Å². The summed E-state index contributed by atoms with van der Waals surface area (Å²) in [5, 5.41) is 35.5. The molecule has 3 aliphatic rings. The number of thioether (sulfide) groups is 1. The van der Waals surface area contributed by atoms with Crippen molar-refractivity contribution in [3.05, 3.63) is 50.9 Å². The minimum absolute atomic E-state index is 0.0272. The number of nitrogens with two attached hydrogens (primary N) is 1. The van der Waals surface area contributed by atoms with Gasteiger partial charge >= 0.3 is 23.9 Å². The molecule has 2 saturated heterocycles. The molecule has 256 valence electrons. The maximum Gasteiger partial charge on any atom is 0.519 e. The summed E-state index contributed by atoms with van der Waals surface area (Å²) < 4.78 is 18.6. The number of carboxylic acids is 2.